The van der Waals surface area contributed by atoms with Crippen molar-refractivity contribution >= 4 is 17.0 Å². The average Bonchev–Trinajstić information content (AvgIpc) is 3.06. The number of para-hydroxylation sites is 2. The van der Waals surface area contributed by atoms with E-state index in [1.807, 2.05) is 31.6 Å². The highest BCUT2D eigenvalue weighted by atomic mass is 15.3. The number of fused-ring (bicyclic) bond motifs is 1. The smallest absolute Gasteiger partial charge is 0.193 e. The fraction of sp³-hybridized carbons (Fsp3) is 0.300. The SMILES string of the molecule is CN=C(NCCCn1cnc2ccccc21)N(C)Cc1ccccc1. The molecule has 0 unspecified atom stereocenters. The van der Waals surface area contributed by atoms with E-state index in [1.165, 1.54) is 11.1 Å². The molecule has 2 aromatic carbocycles. The minimum absolute atomic E-state index is 0.840. The van der Waals surface area contributed by atoms with Gasteiger partial charge in [-0.05, 0) is 24.1 Å². The summed E-state index contributed by atoms with van der Waals surface area (Å²) in [7, 11) is 3.89. The molecule has 1 N–H and O–H groups in total. The summed E-state index contributed by atoms with van der Waals surface area (Å²) in [5, 5.41) is 3.44. The van der Waals surface area contributed by atoms with Gasteiger partial charge in [0.15, 0.2) is 5.96 Å². The fourth-order valence-corrected chi connectivity index (χ4v) is 2.95. The number of nitrogens with zero attached hydrogens (tertiary/aromatic N) is 4. The fourth-order valence-electron chi connectivity index (χ4n) is 2.95. The van der Waals surface area contributed by atoms with E-state index in [2.05, 4.69) is 68.2 Å². The molecule has 130 valence electrons. The second kappa shape index (κ2) is 8.33. The van der Waals surface area contributed by atoms with Crippen molar-refractivity contribution in [3.63, 3.8) is 0 Å². The van der Waals surface area contributed by atoms with E-state index in [0.717, 1.165) is 37.5 Å². The summed E-state index contributed by atoms with van der Waals surface area (Å²) in [5.74, 6) is 0.916. The van der Waals surface area contributed by atoms with E-state index >= 15 is 0 Å². The van der Waals surface area contributed by atoms with Crippen LogP contribution in [0, 0.1) is 0 Å². The Morgan fingerprint density at radius 2 is 1.88 bits per heavy atom. The number of nitrogens with one attached hydrogen (secondary N) is 1. The largest absolute Gasteiger partial charge is 0.356 e. The molecule has 0 aliphatic carbocycles. The third-order valence-electron chi connectivity index (χ3n) is 4.22. The number of aliphatic imine (C=N–C) groups is 1. The Bertz CT molecular complexity index is 822. The summed E-state index contributed by atoms with van der Waals surface area (Å²) in [6.45, 7) is 2.65. The maximum absolute atomic E-state index is 4.43. The molecule has 5 nitrogen and oxygen atoms in total. The van der Waals surface area contributed by atoms with Crippen molar-refractivity contribution in [1.29, 1.82) is 0 Å². The van der Waals surface area contributed by atoms with Gasteiger partial charge in [-0.2, -0.15) is 0 Å². The number of benzene rings is 2. The van der Waals surface area contributed by atoms with Crippen molar-refractivity contribution in [2.75, 3.05) is 20.6 Å². The first kappa shape index (κ1) is 17.0. The number of aryl methyl sites for hydroxylation is 1. The Morgan fingerprint density at radius 3 is 2.68 bits per heavy atom. The van der Waals surface area contributed by atoms with Gasteiger partial charge in [0.2, 0.25) is 0 Å². The number of aromatic nitrogens is 2. The third kappa shape index (κ3) is 4.38. The molecule has 0 radical (unpaired) electrons. The summed E-state index contributed by atoms with van der Waals surface area (Å²) >= 11 is 0. The molecule has 0 amide bonds. The lowest BCUT2D eigenvalue weighted by molar-refractivity contribution is 0.473. The number of hydrogen-bond acceptors (Lipinski definition) is 2. The minimum Gasteiger partial charge on any atom is -0.356 e. The van der Waals surface area contributed by atoms with E-state index in [9.17, 15) is 0 Å². The van der Waals surface area contributed by atoms with E-state index in [0.29, 0.717) is 0 Å². The van der Waals surface area contributed by atoms with Gasteiger partial charge in [-0.3, -0.25) is 4.99 Å². The lowest BCUT2D eigenvalue weighted by atomic mass is 10.2. The molecule has 0 aliphatic rings. The summed E-state index contributed by atoms with van der Waals surface area (Å²) in [6.07, 6.45) is 2.93. The molecular weight excluding hydrogens is 310 g/mol. The van der Waals surface area contributed by atoms with E-state index in [-0.39, 0.29) is 0 Å². The van der Waals surface area contributed by atoms with Crippen LogP contribution in [0.2, 0.25) is 0 Å². The van der Waals surface area contributed by atoms with Crippen LogP contribution < -0.4 is 5.32 Å². The van der Waals surface area contributed by atoms with Gasteiger partial charge >= 0.3 is 0 Å². The minimum atomic E-state index is 0.840. The van der Waals surface area contributed by atoms with Crippen LogP contribution in [0.5, 0.6) is 0 Å². The molecule has 25 heavy (non-hydrogen) atoms. The van der Waals surface area contributed by atoms with Crippen LogP contribution in [0.1, 0.15) is 12.0 Å². The van der Waals surface area contributed by atoms with Gasteiger partial charge in [-0.25, -0.2) is 4.98 Å². The number of guanidine groups is 1. The predicted octanol–water partition coefficient (Wildman–Crippen LogP) is 3.13. The zero-order chi connectivity index (χ0) is 17.5. The van der Waals surface area contributed by atoms with Gasteiger partial charge in [0.25, 0.3) is 0 Å². The summed E-state index contributed by atoms with van der Waals surface area (Å²) < 4.78 is 2.20. The Kier molecular flexibility index (Phi) is 5.67. The summed E-state index contributed by atoms with van der Waals surface area (Å²) in [5.41, 5.74) is 3.51. The number of imidazole rings is 1. The number of rotatable bonds is 6. The number of hydrogen-bond donors (Lipinski definition) is 1. The standard InChI is InChI=1S/C20H25N5/c1-21-20(24(2)15-17-9-4-3-5-10-17)22-13-8-14-25-16-23-18-11-6-7-12-19(18)25/h3-7,9-12,16H,8,13-15H2,1-2H3,(H,21,22). The highest BCUT2D eigenvalue weighted by Gasteiger charge is 2.06. The van der Waals surface area contributed by atoms with Gasteiger partial charge in [0.1, 0.15) is 0 Å². The Morgan fingerprint density at radius 1 is 1.12 bits per heavy atom. The molecule has 0 aliphatic heterocycles. The first-order valence-electron chi connectivity index (χ1n) is 8.63. The van der Waals surface area contributed by atoms with Gasteiger partial charge in [0, 0.05) is 33.7 Å². The van der Waals surface area contributed by atoms with Crippen molar-refractivity contribution in [3.05, 3.63) is 66.5 Å². The predicted molar refractivity (Wildman–Crippen MR) is 104 cm³/mol. The molecule has 0 fully saturated rings. The Hall–Kier alpha value is -2.82. The molecule has 3 rings (SSSR count). The monoisotopic (exact) mass is 335 g/mol. The maximum Gasteiger partial charge on any atom is 0.193 e. The van der Waals surface area contributed by atoms with Crippen molar-refractivity contribution in [2.24, 2.45) is 4.99 Å². The molecule has 0 atom stereocenters. The molecular formula is C20H25N5. The molecule has 0 saturated heterocycles. The quantitative estimate of drug-likeness (QED) is 0.428. The zero-order valence-electron chi connectivity index (χ0n) is 14.9. The second-order valence-corrected chi connectivity index (χ2v) is 6.10. The van der Waals surface area contributed by atoms with Crippen molar-refractivity contribution in [1.82, 2.24) is 19.8 Å². The van der Waals surface area contributed by atoms with Crippen molar-refractivity contribution in [2.45, 2.75) is 19.5 Å². The van der Waals surface area contributed by atoms with Crippen LogP contribution in [0.15, 0.2) is 65.9 Å². The van der Waals surface area contributed by atoms with Gasteiger partial charge < -0.3 is 14.8 Å². The van der Waals surface area contributed by atoms with Crippen molar-refractivity contribution < 1.29 is 0 Å². The lowest BCUT2D eigenvalue weighted by Gasteiger charge is -2.22. The Labute approximate surface area is 149 Å². The first-order valence-corrected chi connectivity index (χ1v) is 8.63. The van der Waals surface area contributed by atoms with Crippen LogP contribution in [-0.2, 0) is 13.1 Å². The van der Waals surface area contributed by atoms with Crippen LogP contribution in [-0.4, -0.2) is 41.1 Å². The topological polar surface area (TPSA) is 45.5 Å². The van der Waals surface area contributed by atoms with Crippen LogP contribution >= 0.6 is 0 Å². The molecule has 5 heteroatoms. The first-order chi connectivity index (χ1) is 12.3. The van der Waals surface area contributed by atoms with E-state index < -0.39 is 0 Å². The second-order valence-electron chi connectivity index (χ2n) is 6.10. The maximum atomic E-state index is 4.43. The molecule has 0 bridgehead atoms. The van der Waals surface area contributed by atoms with Gasteiger partial charge in [-0.1, -0.05) is 42.5 Å². The van der Waals surface area contributed by atoms with Crippen LogP contribution in [0.25, 0.3) is 11.0 Å². The normalized spacial score (nSPS) is 11.7. The summed E-state index contributed by atoms with van der Waals surface area (Å²) in [6, 6.07) is 18.7. The zero-order valence-corrected chi connectivity index (χ0v) is 14.9. The van der Waals surface area contributed by atoms with E-state index in [1.54, 1.807) is 0 Å². The molecule has 1 aromatic heterocycles. The average molecular weight is 335 g/mol. The van der Waals surface area contributed by atoms with Crippen LogP contribution in [0.3, 0.4) is 0 Å². The van der Waals surface area contributed by atoms with Gasteiger partial charge in [0.05, 0.1) is 17.4 Å². The molecule has 1 heterocycles. The lowest BCUT2D eigenvalue weighted by Crippen LogP contribution is -2.39. The van der Waals surface area contributed by atoms with Crippen LogP contribution in [0.4, 0.5) is 0 Å². The van der Waals surface area contributed by atoms with Gasteiger partial charge in [-0.15, -0.1) is 0 Å². The highest BCUT2D eigenvalue weighted by Crippen LogP contribution is 2.11. The third-order valence-corrected chi connectivity index (χ3v) is 4.22. The summed E-state index contributed by atoms with van der Waals surface area (Å²) in [4.78, 5) is 11.0. The van der Waals surface area contributed by atoms with Crippen molar-refractivity contribution in [3.8, 4) is 0 Å². The molecule has 0 spiro atoms. The highest BCUT2D eigenvalue weighted by molar-refractivity contribution is 5.79. The molecule has 0 saturated carbocycles. The van der Waals surface area contributed by atoms with E-state index in [4.69, 9.17) is 0 Å². The Balaban J connectivity index is 1.48. The molecule has 3 aromatic rings.